The molecule has 1 heterocycles. The van der Waals surface area contributed by atoms with Gasteiger partial charge in [0.05, 0.1) is 16.6 Å². The first-order valence-electron chi connectivity index (χ1n) is 6.72. The van der Waals surface area contributed by atoms with E-state index in [4.69, 9.17) is 5.84 Å². The van der Waals surface area contributed by atoms with Crippen LogP contribution in [-0.2, 0) is 5.41 Å². The van der Waals surface area contributed by atoms with Gasteiger partial charge in [-0.2, -0.15) is 0 Å². The number of aromatic nitrogens is 2. The lowest BCUT2D eigenvalue weighted by Gasteiger charge is -2.24. The number of nitrogens with one attached hydrogen (secondary N) is 1. The molecule has 0 fully saturated rings. The smallest absolute Gasteiger partial charge is 0.0857 e. The van der Waals surface area contributed by atoms with Crippen molar-refractivity contribution >= 4 is 11.5 Å². The highest BCUT2D eigenvalue weighted by Gasteiger charge is 2.27. The minimum absolute atomic E-state index is 0.0192. The standard InChI is InChI=1S/C13H26N4S/c1-6-9(7-2)8-10(15-14)11-12(13(3,4)5)16-17-18-11/h9-10,15H,6-8,14H2,1-5H3. The van der Waals surface area contributed by atoms with Crippen LogP contribution in [0, 0.1) is 5.92 Å². The molecule has 1 aromatic rings. The van der Waals surface area contributed by atoms with E-state index in [2.05, 4.69) is 49.6 Å². The van der Waals surface area contributed by atoms with Crippen molar-refractivity contribution in [2.24, 2.45) is 11.8 Å². The molecule has 0 bridgehead atoms. The van der Waals surface area contributed by atoms with Gasteiger partial charge in [-0.1, -0.05) is 51.9 Å². The number of hydrogen-bond donors (Lipinski definition) is 2. The Morgan fingerprint density at radius 1 is 1.28 bits per heavy atom. The molecule has 3 N–H and O–H groups in total. The molecule has 1 aromatic heterocycles. The molecule has 5 heteroatoms. The van der Waals surface area contributed by atoms with Gasteiger partial charge in [-0.05, 0) is 23.9 Å². The van der Waals surface area contributed by atoms with E-state index < -0.39 is 0 Å². The molecule has 0 radical (unpaired) electrons. The molecule has 0 saturated heterocycles. The van der Waals surface area contributed by atoms with Crippen molar-refractivity contribution in [3.63, 3.8) is 0 Å². The van der Waals surface area contributed by atoms with Gasteiger partial charge >= 0.3 is 0 Å². The van der Waals surface area contributed by atoms with E-state index in [0.717, 1.165) is 12.1 Å². The second-order valence-electron chi connectivity index (χ2n) is 5.87. The predicted octanol–water partition coefficient (Wildman–Crippen LogP) is 3.17. The summed E-state index contributed by atoms with van der Waals surface area (Å²) in [6.45, 7) is 11.0. The molecule has 0 amide bonds. The van der Waals surface area contributed by atoms with Crippen LogP contribution < -0.4 is 11.3 Å². The van der Waals surface area contributed by atoms with Crippen LogP contribution in [0.5, 0.6) is 0 Å². The molecule has 1 atom stereocenters. The first kappa shape index (κ1) is 15.5. The van der Waals surface area contributed by atoms with Crippen LogP contribution in [0.1, 0.15) is 70.5 Å². The maximum absolute atomic E-state index is 5.73. The van der Waals surface area contributed by atoms with Gasteiger partial charge in [0.1, 0.15) is 0 Å². The Kier molecular flexibility index (Phi) is 5.69. The highest BCUT2D eigenvalue weighted by Crippen LogP contribution is 2.33. The van der Waals surface area contributed by atoms with Gasteiger partial charge < -0.3 is 0 Å². The second kappa shape index (κ2) is 6.59. The van der Waals surface area contributed by atoms with Crippen molar-refractivity contribution in [3.8, 4) is 0 Å². The van der Waals surface area contributed by atoms with Crippen LogP contribution in [0.25, 0.3) is 0 Å². The van der Waals surface area contributed by atoms with Gasteiger partial charge in [-0.3, -0.25) is 11.3 Å². The first-order chi connectivity index (χ1) is 8.43. The lowest BCUT2D eigenvalue weighted by molar-refractivity contribution is 0.373. The van der Waals surface area contributed by atoms with Crippen LogP contribution in [-0.4, -0.2) is 9.59 Å². The van der Waals surface area contributed by atoms with E-state index >= 15 is 0 Å². The van der Waals surface area contributed by atoms with Crippen molar-refractivity contribution in [2.45, 2.75) is 65.3 Å². The van der Waals surface area contributed by atoms with Crippen LogP contribution in [0.2, 0.25) is 0 Å². The van der Waals surface area contributed by atoms with E-state index in [0.29, 0.717) is 5.92 Å². The quantitative estimate of drug-likeness (QED) is 0.615. The van der Waals surface area contributed by atoms with Gasteiger partial charge in [0.25, 0.3) is 0 Å². The van der Waals surface area contributed by atoms with Gasteiger partial charge in [-0.15, -0.1) is 5.10 Å². The van der Waals surface area contributed by atoms with Crippen molar-refractivity contribution in [2.75, 3.05) is 0 Å². The average Bonchev–Trinajstić information content (AvgIpc) is 2.79. The second-order valence-corrected chi connectivity index (χ2v) is 6.66. The summed E-state index contributed by atoms with van der Waals surface area (Å²) in [5.74, 6) is 6.43. The van der Waals surface area contributed by atoms with Gasteiger partial charge in [-0.25, -0.2) is 0 Å². The summed E-state index contributed by atoms with van der Waals surface area (Å²) in [7, 11) is 0. The molecular weight excluding hydrogens is 244 g/mol. The highest BCUT2D eigenvalue weighted by atomic mass is 32.1. The number of nitrogens with zero attached hydrogens (tertiary/aromatic N) is 2. The Hall–Kier alpha value is -0.520. The van der Waals surface area contributed by atoms with Gasteiger partial charge in [0.15, 0.2) is 0 Å². The third-order valence-corrected chi connectivity index (χ3v) is 4.30. The SMILES string of the molecule is CCC(CC)CC(NN)c1snnc1C(C)(C)C. The molecule has 0 aliphatic rings. The largest absolute Gasteiger partial charge is 0.271 e. The van der Waals surface area contributed by atoms with Crippen LogP contribution >= 0.6 is 11.5 Å². The van der Waals surface area contributed by atoms with Crippen LogP contribution in [0.15, 0.2) is 0 Å². The Morgan fingerprint density at radius 3 is 2.33 bits per heavy atom. The molecule has 0 aromatic carbocycles. The fourth-order valence-electron chi connectivity index (χ4n) is 2.15. The van der Waals surface area contributed by atoms with E-state index in [1.54, 1.807) is 0 Å². The van der Waals surface area contributed by atoms with Crippen molar-refractivity contribution in [1.82, 2.24) is 15.0 Å². The third kappa shape index (κ3) is 3.73. The summed E-state index contributed by atoms with van der Waals surface area (Å²) in [6, 6.07) is 0.170. The zero-order chi connectivity index (χ0) is 13.8. The molecular formula is C13H26N4S. The topological polar surface area (TPSA) is 63.8 Å². The summed E-state index contributed by atoms with van der Waals surface area (Å²) in [4.78, 5) is 1.19. The Morgan fingerprint density at radius 2 is 1.89 bits per heavy atom. The zero-order valence-electron chi connectivity index (χ0n) is 12.2. The summed E-state index contributed by atoms with van der Waals surface area (Å²) in [5, 5.41) is 4.29. The third-order valence-electron chi connectivity index (χ3n) is 3.47. The number of nitrogens with two attached hydrogens (primary N) is 1. The normalized spacial score (nSPS) is 14.2. The highest BCUT2D eigenvalue weighted by molar-refractivity contribution is 7.05. The lowest BCUT2D eigenvalue weighted by atomic mass is 9.87. The van der Waals surface area contributed by atoms with Crippen molar-refractivity contribution in [1.29, 1.82) is 0 Å². The van der Waals surface area contributed by atoms with Gasteiger partial charge in [0, 0.05) is 5.41 Å². The molecule has 4 nitrogen and oxygen atoms in total. The van der Waals surface area contributed by atoms with Crippen molar-refractivity contribution < 1.29 is 0 Å². The first-order valence-corrected chi connectivity index (χ1v) is 7.50. The minimum atomic E-state index is 0.0192. The molecule has 104 valence electrons. The lowest BCUT2D eigenvalue weighted by Crippen LogP contribution is -2.31. The molecule has 0 spiro atoms. The van der Waals surface area contributed by atoms with E-state index in [1.165, 1.54) is 29.3 Å². The summed E-state index contributed by atoms with van der Waals surface area (Å²) in [6.07, 6.45) is 3.42. The summed E-state index contributed by atoms with van der Waals surface area (Å²) in [5.41, 5.74) is 4.04. The summed E-state index contributed by atoms with van der Waals surface area (Å²) >= 11 is 1.47. The molecule has 1 unspecified atom stereocenters. The zero-order valence-corrected chi connectivity index (χ0v) is 13.0. The Bertz CT molecular complexity index is 352. The Labute approximate surface area is 114 Å². The van der Waals surface area contributed by atoms with E-state index in [-0.39, 0.29) is 11.5 Å². The molecule has 0 saturated carbocycles. The summed E-state index contributed by atoms with van der Waals surface area (Å²) < 4.78 is 4.11. The fraction of sp³-hybridized carbons (Fsp3) is 0.846. The molecule has 0 aliphatic carbocycles. The average molecular weight is 270 g/mol. The molecule has 0 aliphatic heterocycles. The number of hydrazine groups is 1. The fourth-order valence-corrected chi connectivity index (χ4v) is 3.09. The molecule has 18 heavy (non-hydrogen) atoms. The van der Waals surface area contributed by atoms with Crippen molar-refractivity contribution in [3.05, 3.63) is 10.6 Å². The Balaban J connectivity index is 2.92. The van der Waals surface area contributed by atoms with E-state index in [9.17, 15) is 0 Å². The van der Waals surface area contributed by atoms with Gasteiger partial charge in [0.2, 0.25) is 0 Å². The molecule has 1 rings (SSSR count). The maximum atomic E-state index is 5.73. The minimum Gasteiger partial charge on any atom is -0.271 e. The van der Waals surface area contributed by atoms with Crippen LogP contribution in [0.4, 0.5) is 0 Å². The predicted molar refractivity (Wildman–Crippen MR) is 77.4 cm³/mol. The number of rotatable bonds is 6. The maximum Gasteiger partial charge on any atom is 0.0857 e. The van der Waals surface area contributed by atoms with Crippen LogP contribution in [0.3, 0.4) is 0 Å². The van der Waals surface area contributed by atoms with E-state index in [1.807, 2.05) is 0 Å². The number of hydrogen-bond acceptors (Lipinski definition) is 5. The monoisotopic (exact) mass is 270 g/mol.